The Kier molecular flexibility index (Phi) is 8.86. The molecule has 2 aromatic carbocycles. The zero-order chi connectivity index (χ0) is 28.8. The average molecular weight is 590 g/mol. The molecule has 0 saturated heterocycles. The normalized spacial score (nSPS) is 11.7. The first-order chi connectivity index (χ1) is 19.2. The number of methoxy groups -OCH3 is 2. The van der Waals surface area contributed by atoms with Crippen molar-refractivity contribution in [1.82, 2.24) is 15.0 Å². The Morgan fingerprint density at radius 3 is 2.25 bits per heavy atom. The van der Waals surface area contributed by atoms with Crippen LogP contribution in [0.5, 0.6) is 17.2 Å². The maximum atomic E-state index is 13.1. The number of sulfonamides is 1. The number of nitrogens with one attached hydrogen (secondary N) is 2. The van der Waals surface area contributed by atoms with E-state index in [-0.39, 0.29) is 46.1 Å². The van der Waals surface area contributed by atoms with Gasteiger partial charge in [-0.05, 0) is 24.3 Å². The van der Waals surface area contributed by atoms with E-state index in [0.717, 1.165) is 0 Å². The summed E-state index contributed by atoms with van der Waals surface area (Å²) in [6, 6.07) is 12.9. The van der Waals surface area contributed by atoms with E-state index in [9.17, 15) is 16.8 Å². The first kappa shape index (κ1) is 28.8. The first-order valence-corrected chi connectivity index (χ1v) is 15.1. The number of para-hydroxylation sites is 2. The molecule has 0 aliphatic rings. The van der Waals surface area contributed by atoms with Crippen molar-refractivity contribution in [3.05, 3.63) is 60.9 Å². The second-order valence-corrected chi connectivity index (χ2v) is 12.2. The van der Waals surface area contributed by atoms with Crippen LogP contribution >= 0.6 is 0 Å². The van der Waals surface area contributed by atoms with Gasteiger partial charge >= 0.3 is 0 Å². The summed E-state index contributed by atoms with van der Waals surface area (Å²) < 4.78 is 69.5. The van der Waals surface area contributed by atoms with Gasteiger partial charge < -0.3 is 24.6 Å². The molecule has 40 heavy (non-hydrogen) atoms. The fraction of sp³-hybridized carbons (Fsp3) is 0.240. The highest BCUT2D eigenvalue weighted by atomic mass is 32.2. The van der Waals surface area contributed by atoms with Crippen molar-refractivity contribution < 1.29 is 36.2 Å². The summed E-state index contributed by atoms with van der Waals surface area (Å²) in [5.74, 6) is -0.125. The van der Waals surface area contributed by atoms with E-state index in [0.29, 0.717) is 16.8 Å². The zero-order valence-corrected chi connectivity index (χ0v) is 23.2. The Labute approximate surface area is 231 Å². The number of aliphatic hydroxyl groups is 1. The molecule has 4 aromatic rings. The van der Waals surface area contributed by atoms with E-state index >= 15 is 0 Å². The molecule has 13 nitrogen and oxygen atoms in total. The van der Waals surface area contributed by atoms with Crippen LogP contribution < -0.4 is 24.2 Å². The van der Waals surface area contributed by atoms with E-state index in [1.807, 2.05) is 0 Å². The van der Waals surface area contributed by atoms with Crippen LogP contribution in [-0.4, -0.2) is 75.8 Å². The predicted molar refractivity (Wildman–Crippen MR) is 149 cm³/mol. The van der Waals surface area contributed by atoms with Crippen molar-refractivity contribution in [3.8, 4) is 17.2 Å². The van der Waals surface area contributed by atoms with Gasteiger partial charge in [0.25, 0.3) is 10.0 Å². The number of nitrogens with zero attached hydrogens (tertiary/aromatic N) is 3. The number of rotatable bonds is 13. The van der Waals surface area contributed by atoms with Crippen molar-refractivity contribution in [2.24, 2.45) is 0 Å². The van der Waals surface area contributed by atoms with Crippen molar-refractivity contribution in [2.75, 3.05) is 49.0 Å². The number of benzene rings is 2. The molecule has 0 radical (unpaired) electrons. The second kappa shape index (κ2) is 12.3. The van der Waals surface area contributed by atoms with Gasteiger partial charge in [-0.3, -0.25) is 9.71 Å². The monoisotopic (exact) mass is 589 g/mol. The van der Waals surface area contributed by atoms with Crippen LogP contribution in [0.2, 0.25) is 0 Å². The molecule has 0 unspecified atom stereocenters. The summed E-state index contributed by atoms with van der Waals surface area (Å²) >= 11 is 0. The maximum Gasteiger partial charge on any atom is 0.264 e. The van der Waals surface area contributed by atoms with Crippen LogP contribution in [0.25, 0.3) is 11.0 Å². The number of aromatic nitrogens is 3. The third-order valence-corrected chi connectivity index (χ3v) is 8.44. The van der Waals surface area contributed by atoms with E-state index in [1.165, 1.54) is 38.7 Å². The molecular formula is C25H27N5O8S2. The molecule has 2 aromatic heterocycles. The van der Waals surface area contributed by atoms with E-state index in [4.69, 9.17) is 19.3 Å². The fourth-order valence-electron chi connectivity index (χ4n) is 3.58. The van der Waals surface area contributed by atoms with Crippen molar-refractivity contribution >= 4 is 48.2 Å². The topological polar surface area (TPSA) is 179 Å². The third kappa shape index (κ3) is 6.86. The maximum absolute atomic E-state index is 13.1. The van der Waals surface area contributed by atoms with E-state index < -0.39 is 32.2 Å². The molecule has 0 spiro atoms. The standard InChI is InChI=1S/C25H27N5O8S2/c1-36-17-14-21(23(22(15-17)37-2)38-11-13-39(32,33)12-10-31)29-24-25(28-20-8-4-3-7-19(20)27-24)30-40(34,35)18-6-5-9-26-16-18/h3-9,14-16,31H,10-13H2,1-2H3,(H,27,29)(H,28,30). The summed E-state index contributed by atoms with van der Waals surface area (Å²) in [6.07, 6.45) is 2.65. The number of anilines is 3. The molecule has 0 atom stereocenters. The molecular weight excluding hydrogens is 562 g/mol. The van der Waals surface area contributed by atoms with Crippen LogP contribution in [0.4, 0.5) is 17.3 Å². The highest BCUT2D eigenvalue weighted by molar-refractivity contribution is 7.92. The number of hydrogen-bond acceptors (Lipinski definition) is 12. The number of fused-ring (bicyclic) bond motifs is 1. The van der Waals surface area contributed by atoms with Gasteiger partial charge in [0.15, 0.2) is 33.0 Å². The molecule has 0 fully saturated rings. The summed E-state index contributed by atoms with van der Waals surface area (Å²) in [7, 11) is -4.79. The Morgan fingerprint density at radius 2 is 1.62 bits per heavy atom. The number of pyridine rings is 1. The van der Waals surface area contributed by atoms with Gasteiger partial charge in [-0.15, -0.1) is 0 Å². The van der Waals surface area contributed by atoms with E-state index in [1.54, 1.807) is 36.4 Å². The molecule has 0 bridgehead atoms. The molecule has 0 saturated carbocycles. The Morgan fingerprint density at radius 1 is 0.900 bits per heavy atom. The van der Waals surface area contributed by atoms with Crippen molar-refractivity contribution in [2.45, 2.75) is 4.90 Å². The summed E-state index contributed by atoms with van der Waals surface area (Å²) in [5, 5.41) is 12.0. The lowest BCUT2D eigenvalue weighted by Gasteiger charge is -2.19. The number of ether oxygens (including phenoxy) is 3. The Balaban J connectivity index is 1.77. The predicted octanol–water partition coefficient (Wildman–Crippen LogP) is 2.37. The second-order valence-electron chi connectivity index (χ2n) is 8.26. The Hall–Kier alpha value is -4.21. The van der Waals surface area contributed by atoms with Crippen molar-refractivity contribution in [3.63, 3.8) is 0 Å². The lowest BCUT2D eigenvalue weighted by molar-refractivity contribution is 0.308. The highest BCUT2D eigenvalue weighted by Crippen LogP contribution is 2.41. The van der Waals surface area contributed by atoms with Gasteiger partial charge in [0.05, 0.1) is 49.1 Å². The quantitative estimate of drug-likeness (QED) is 0.208. The lowest BCUT2D eigenvalue weighted by Crippen LogP contribution is -2.19. The molecule has 3 N–H and O–H groups in total. The highest BCUT2D eigenvalue weighted by Gasteiger charge is 2.22. The molecule has 2 heterocycles. The van der Waals surface area contributed by atoms with Gasteiger partial charge in [0.1, 0.15) is 17.3 Å². The molecule has 0 aliphatic heterocycles. The van der Waals surface area contributed by atoms with Crippen molar-refractivity contribution in [1.29, 1.82) is 0 Å². The molecule has 4 rings (SSSR count). The lowest BCUT2D eigenvalue weighted by atomic mass is 10.2. The fourth-order valence-corrected chi connectivity index (χ4v) is 5.37. The summed E-state index contributed by atoms with van der Waals surface area (Å²) in [4.78, 5) is 12.8. The third-order valence-electron chi connectivity index (χ3n) is 5.53. The zero-order valence-electron chi connectivity index (χ0n) is 21.6. The molecule has 212 valence electrons. The summed E-state index contributed by atoms with van der Waals surface area (Å²) in [5.41, 5.74) is 1.15. The van der Waals surface area contributed by atoms with Crippen LogP contribution in [0, 0.1) is 0 Å². The smallest absolute Gasteiger partial charge is 0.264 e. The number of aliphatic hydroxyl groups excluding tert-OH is 1. The molecule has 0 amide bonds. The SMILES string of the molecule is COc1cc(Nc2nc3ccccc3nc2NS(=O)(=O)c2cccnc2)c(OCCS(=O)(=O)CCO)c(OC)c1. The van der Waals surface area contributed by atoms with E-state index in [2.05, 4.69) is 25.0 Å². The van der Waals surface area contributed by atoms with Gasteiger partial charge in [0.2, 0.25) is 0 Å². The minimum atomic E-state index is -4.09. The van der Waals surface area contributed by atoms with Crippen LogP contribution in [-0.2, 0) is 19.9 Å². The van der Waals surface area contributed by atoms with Gasteiger partial charge in [-0.25, -0.2) is 26.8 Å². The van der Waals surface area contributed by atoms with Crippen LogP contribution in [0.1, 0.15) is 0 Å². The minimum Gasteiger partial charge on any atom is -0.497 e. The molecule has 15 heteroatoms. The van der Waals surface area contributed by atoms with Gasteiger partial charge in [-0.2, -0.15) is 0 Å². The molecule has 0 aliphatic carbocycles. The number of hydrogen-bond donors (Lipinski definition) is 3. The van der Waals surface area contributed by atoms with Crippen LogP contribution in [0.3, 0.4) is 0 Å². The number of sulfone groups is 1. The van der Waals surface area contributed by atoms with Gasteiger partial charge in [-0.1, -0.05) is 12.1 Å². The Bertz CT molecular complexity index is 1700. The minimum absolute atomic E-state index is 0.0271. The summed E-state index contributed by atoms with van der Waals surface area (Å²) in [6.45, 7) is -0.747. The first-order valence-electron chi connectivity index (χ1n) is 11.8. The largest absolute Gasteiger partial charge is 0.497 e. The average Bonchev–Trinajstić information content (AvgIpc) is 2.94. The van der Waals surface area contributed by atoms with Gasteiger partial charge in [0, 0.05) is 24.5 Å². The van der Waals surface area contributed by atoms with Crippen LogP contribution in [0.15, 0.2) is 65.8 Å².